The van der Waals surface area contributed by atoms with Gasteiger partial charge < -0.3 is 10.2 Å². The van der Waals surface area contributed by atoms with Crippen LogP contribution in [0.2, 0.25) is 0 Å². The van der Waals surface area contributed by atoms with E-state index in [2.05, 4.69) is 11.9 Å². The molecule has 1 aliphatic carbocycles. The molecule has 1 atom stereocenters. The summed E-state index contributed by atoms with van der Waals surface area (Å²) in [5.74, 6) is 0.131. The third-order valence-electron chi connectivity index (χ3n) is 3.95. The average molecular weight is 250 g/mol. The highest BCUT2D eigenvalue weighted by atomic mass is 16.2. The van der Waals surface area contributed by atoms with Gasteiger partial charge in [-0.1, -0.05) is 25.3 Å². The van der Waals surface area contributed by atoms with E-state index >= 15 is 0 Å². The molecule has 2 rings (SSSR count). The van der Waals surface area contributed by atoms with Crippen LogP contribution in [0.3, 0.4) is 0 Å². The van der Waals surface area contributed by atoms with Crippen molar-refractivity contribution in [2.45, 2.75) is 57.0 Å². The summed E-state index contributed by atoms with van der Waals surface area (Å²) in [7, 11) is 0. The minimum atomic E-state index is -0.249. The summed E-state index contributed by atoms with van der Waals surface area (Å²) in [5.41, 5.74) is 0. The molecule has 0 aromatic carbocycles. The lowest BCUT2D eigenvalue weighted by Crippen LogP contribution is -2.50. The number of hydrogen-bond acceptors (Lipinski definition) is 2. The summed E-state index contributed by atoms with van der Waals surface area (Å²) in [4.78, 5) is 25.9. The quantitative estimate of drug-likeness (QED) is 0.771. The van der Waals surface area contributed by atoms with Crippen molar-refractivity contribution in [3.63, 3.8) is 0 Å². The molecule has 2 aliphatic rings. The van der Waals surface area contributed by atoms with Crippen molar-refractivity contribution in [3.8, 4) is 0 Å². The van der Waals surface area contributed by atoms with Crippen molar-refractivity contribution in [2.24, 2.45) is 0 Å². The van der Waals surface area contributed by atoms with Crippen LogP contribution in [-0.4, -0.2) is 35.3 Å². The van der Waals surface area contributed by atoms with Gasteiger partial charge in [0.1, 0.15) is 6.04 Å². The van der Waals surface area contributed by atoms with Gasteiger partial charge in [-0.3, -0.25) is 9.59 Å². The van der Waals surface area contributed by atoms with E-state index in [0.717, 1.165) is 12.8 Å². The van der Waals surface area contributed by atoms with Crippen molar-refractivity contribution in [1.82, 2.24) is 10.2 Å². The number of rotatable bonds is 4. The zero-order chi connectivity index (χ0) is 13.0. The average Bonchev–Trinajstić information content (AvgIpc) is 2.79. The van der Waals surface area contributed by atoms with Crippen molar-refractivity contribution in [1.29, 1.82) is 0 Å². The number of carbonyl (C=O) groups is 2. The molecule has 1 saturated heterocycles. The molecule has 0 aromatic heterocycles. The van der Waals surface area contributed by atoms with E-state index in [0.29, 0.717) is 19.4 Å². The molecule has 1 N–H and O–H groups in total. The second-order valence-corrected chi connectivity index (χ2v) is 5.18. The summed E-state index contributed by atoms with van der Waals surface area (Å²) in [6.45, 7) is 4.06. The van der Waals surface area contributed by atoms with Crippen LogP contribution in [0.25, 0.3) is 0 Å². The van der Waals surface area contributed by atoms with Crippen LogP contribution < -0.4 is 5.32 Å². The first-order valence-electron chi connectivity index (χ1n) is 6.94. The third kappa shape index (κ3) is 2.74. The molecule has 4 nitrogen and oxygen atoms in total. The molecule has 2 amide bonds. The predicted octanol–water partition coefficient (Wildman–Crippen LogP) is 1.61. The summed E-state index contributed by atoms with van der Waals surface area (Å²) < 4.78 is 0. The standard InChI is InChI=1S/C14H22N2O2/c1-2-10-15-14(18)12-8-9-13(17)16(12)11-6-4-3-5-7-11/h2,11-12H,1,3-10H2,(H,15,18). The second kappa shape index (κ2) is 6.03. The number of amides is 2. The van der Waals surface area contributed by atoms with Crippen molar-refractivity contribution in [3.05, 3.63) is 12.7 Å². The van der Waals surface area contributed by atoms with Crippen LogP contribution in [0, 0.1) is 0 Å². The Bertz CT molecular complexity index is 335. The largest absolute Gasteiger partial charge is 0.351 e. The fraction of sp³-hybridized carbons (Fsp3) is 0.714. The molecule has 1 saturated carbocycles. The molecule has 0 aromatic rings. The number of carbonyl (C=O) groups excluding carboxylic acids is 2. The Kier molecular flexibility index (Phi) is 4.39. The van der Waals surface area contributed by atoms with E-state index in [1.54, 1.807) is 6.08 Å². The molecule has 2 fully saturated rings. The molecule has 1 aliphatic heterocycles. The van der Waals surface area contributed by atoms with Crippen molar-refractivity contribution >= 4 is 11.8 Å². The topological polar surface area (TPSA) is 49.4 Å². The van der Waals surface area contributed by atoms with Gasteiger partial charge in [-0.15, -0.1) is 6.58 Å². The van der Waals surface area contributed by atoms with Crippen LogP contribution in [0.5, 0.6) is 0 Å². The van der Waals surface area contributed by atoms with Gasteiger partial charge in [0, 0.05) is 19.0 Å². The number of nitrogens with one attached hydrogen (secondary N) is 1. The Morgan fingerprint density at radius 3 is 2.72 bits per heavy atom. The summed E-state index contributed by atoms with van der Waals surface area (Å²) in [6.07, 6.45) is 8.56. The van der Waals surface area contributed by atoms with Gasteiger partial charge in [0.25, 0.3) is 0 Å². The highest BCUT2D eigenvalue weighted by Crippen LogP contribution is 2.30. The monoisotopic (exact) mass is 250 g/mol. The van der Waals surface area contributed by atoms with Crippen molar-refractivity contribution < 1.29 is 9.59 Å². The molecule has 0 spiro atoms. The Balaban J connectivity index is 2.01. The predicted molar refractivity (Wildman–Crippen MR) is 69.9 cm³/mol. The molecular formula is C14H22N2O2. The fourth-order valence-corrected chi connectivity index (χ4v) is 3.07. The first-order valence-corrected chi connectivity index (χ1v) is 6.94. The highest BCUT2D eigenvalue weighted by molar-refractivity contribution is 5.91. The number of likely N-dealkylation sites (tertiary alicyclic amines) is 1. The summed E-state index contributed by atoms with van der Waals surface area (Å²) in [6, 6.07) is 0.0359. The third-order valence-corrected chi connectivity index (χ3v) is 3.95. The lowest BCUT2D eigenvalue weighted by atomic mass is 9.93. The Morgan fingerprint density at radius 2 is 2.06 bits per heavy atom. The molecular weight excluding hydrogens is 228 g/mol. The minimum Gasteiger partial charge on any atom is -0.351 e. The maximum atomic E-state index is 12.1. The molecule has 0 bridgehead atoms. The SMILES string of the molecule is C=CCNC(=O)C1CCC(=O)N1C1CCCCC1. The van der Waals surface area contributed by atoms with E-state index in [1.807, 2.05) is 4.90 Å². The van der Waals surface area contributed by atoms with Gasteiger partial charge in [0.2, 0.25) is 11.8 Å². The van der Waals surface area contributed by atoms with E-state index < -0.39 is 0 Å². The van der Waals surface area contributed by atoms with E-state index in [-0.39, 0.29) is 23.9 Å². The lowest BCUT2D eigenvalue weighted by molar-refractivity contribution is -0.138. The van der Waals surface area contributed by atoms with Gasteiger partial charge in [-0.05, 0) is 19.3 Å². The lowest BCUT2D eigenvalue weighted by Gasteiger charge is -2.35. The van der Waals surface area contributed by atoms with E-state index in [1.165, 1.54) is 19.3 Å². The zero-order valence-corrected chi connectivity index (χ0v) is 10.9. The first-order chi connectivity index (χ1) is 8.74. The van der Waals surface area contributed by atoms with Crippen LogP contribution in [0.4, 0.5) is 0 Å². The number of hydrogen-bond donors (Lipinski definition) is 1. The van der Waals surface area contributed by atoms with Crippen LogP contribution in [0.1, 0.15) is 44.9 Å². The molecule has 4 heteroatoms. The van der Waals surface area contributed by atoms with Crippen molar-refractivity contribution in [2.75, 3.05) is 6.54 Å². The van der Waals surface area contributed by atoms with Gasteiger partial charge in [0.05, 0.1) is 0 Å². The smallest absolute Gasteiger partial charge is 0.243 e. The molecule has 100 valence electrons. The van der Waals surface area contributed by atoms with E-state index in [4.69, 9.17) is 0 Å². The highest BCUT2D eigenvalue weighted by Gasteiger charge is 2.40. The Hall–Kier alpha value is -1.32. The molecule has 0 radical (unpaired) electrons. The van der Waals surface area contributed by atoms with Crippen LogP contribution in [-0.2, 0) is 9.59 Å². The maximum absolute atomic E-state index is 12.1. The van der Waals surface area contributed by atoms with Gasteiger partial charge in [-0.25, -0.2) is 0 Å². The Morgan fingerprint density at radius 1 is 1.33 bits per heavy atom. The maximum Gasteiger partial charge on any atom is 0.243 e. The second-order valence-electron chi connectivity index (χ2n) is 5.18. The van der Waals surface area contributed by atoms with Crippen LogP contribution in [0.15, 0.2) is 12.7 Å². The summed E-state index contributed by atoms with van der Waals surface area (Å²) >= 11 is 0. The molecule has 1 unspecified atom stereocenters. The normalized spacial score (nSPS) is 25.2. The zero-order valence-electron chi connectivity index (χ0n) is 10.9. The molecule has 18 heavy (non-hydrogen) atoms. The van der Waals surface area contributed by atoms with Crippen LogP contribution >= 0.6 is 0 Å². The number of nitrogens with zero attached hydrogens (tertiary/aromatic N) is 1. The van der Waals surface area contributed by atoms with Gasteiger partial charge in [-0.2, -0.15) is 0 Å². The van der Waals surface area contributed by atoms with E-state index in [9.17, 15) is 9.59 Å². The minimum absolute atomic E-state index is 0.0219. The fourth-order valence-electron chi connectivity index (χ4n) is 3.07. The van der Waals surface area contributed by atoms with Gasteiger partial charge in [0.15, 0.2) is 0 Å². The Labute approximate surface area is 108 Å². The summed E-state index contributed by atoms with van der Waals surface area (Å²) in [5, 5.41) is 2.81. The van der Waals surface area contributed by atoms with Gasteiger partial charge >= 0.3 is 0 Å². The molecule has 1 heterocycles. The first kappa shape index (κ1) is 13.1.